The van der Waals surface area contributed by atoms with E-state index in [0.717, 1.165) is 17.1 Å². The molecule has 0 radical (unpaired) electrons. The van der Waals surface area contributed by atoms with Crippen LogP contribution in [-0.2, 0) is 13.0 Å². The standard InChI is InChI=1S/C16H11ClF2N2OS/c17-13-2-1-3-14(19)12(13)8-15-20-23-16(22)21(15)9-10-4-6-11(18)7-5-10/h1-7H,8-9H2. The van der Waals surface area contributed by atoms with Crippen LogP contribution < -0.4 is 4.87 Å². The predicted molar refractivity (Wildman–Crippen MR) is 86.1 cm³/mol. The molecule has 2 aromatic carbocycles. The predicted octanol–water partition coefficient (Wildman–Crippen LogP) is 3.88. The van der Waals surface area contributed by atoms with E-state index in [1.165, 1.54) is 28.8 Å². The highest BCUT2D eigenvalue weighted by Crippen LogP contribution is 2.22. The molecule has 3 nitrogen and oxygen atoms in total. The summed E-state index contributed by atoms with van der Waals surface area (Å²) in [6.07, 6.45) is 0.117. The van der Waals surface area contributed by atoms with Gasteiger partial charge < -0.3 is 0 Å². The SMILES string of the molecule is O=c1snc(Cc2c(F)cccc2Cl)n1Cc1ccc(F)cc1. The molecule has 0 saturated carbocycles. The fraction of sp³-hybridized carbons (Fsp3) is 0.125. The third-order valence-electron chi connectivity index (χ3n) is 3.41. The number of hydrogen-bond acceptors (Lipinski definition) is 3. The van der Waals surface area contributed by atoms with Crippen LogP contribution in [0.4, 0.5) is 8.78 Å². The zero-order valence-corrected chi connectivity index (χ0v) is 13.4. The summed E-state index contributed by atoms with van der Waals surface area (Å²) < 4.78 is 32.4. The highest BCUT2D eigenvalue weighted by molar-refractivity contribution is 7.02. The molecule has 0 atom stereocenters. The van der Waals surface area contributed by atoms with E-state index in [-0.39, 0.29) is 23.7 Å². The number of hydrogen-bond donors (Lipinski definition) is 0. The first kappa shape index (κ1) is 15.8. The Morgan fingerprint density at radius 2 is 1.87 bits per heavy atom. The highest BCUT2D eigenvalue weighted by atomic mass is 35.5. The second-order valence-corrected chi connectivity index (χ2v) is 6.08. The smallest absolute Gasteiger partial charge is 0.281 e. The Morgan fingerprint density at radius 3 is 2.57 bits per heavy atom. The van der Waals surface area contributed by atoms with E-state index in [4.69, 9.17) is 11.6 Å². The Morgan fingerprint density at radius 1 is 1.13 bits per heavy atom. The molecule has 0 saturated heterocycles. The van der Waals surface area contributed by atoms with E-state index >= 15 is 0 Å². The van der Waals surface area contributed by atoms with Crippen molar-refractivity contribution in [2.45, 2.75) is 13.0 Å². The Labute approximate surface area is 140 Å². The maximum absolute atomic E-state index is 13.9. The lowest BCUT2D eigenvalue weighted by molar-refractivity contribution is 0.607. The van der Waals surface area contributed by atoms with Gasteiger partial charge in [0.25, 0.3) is 0 Å². The van der Waals surface area contributed by atoms with Crippen LogP contribution in [0.2, 0.25) is 5.02 Å². The average molecular weight is 353 g/mol. The van der Waals surface area contributed by atoms with Gasteiger partial charge in [0.05, 0.1) is 6.54 Å². The van der Waals surface area contributed by atoms with Crippen molar-refractivity contribution in [2.75, 3.05) is 0 Å². The molecule has 0 bridgehead atoms. The largest absolute Gasteiger partial charge is 0.326 e. The van der Waals surface area contributed by atoms with Gasteiger partial charge >= 0.3 is 4.87 Å². The van der Waals surface area contributed by atoms with Gasteiger partial charge in [-0.25, -0.2) is 8.78 Å². The van der Waals surface area contributed by atoms with E-state index < -0.39 is 5.82 Å². The van der Waals surface area contributed by atoms with Gasteiger partial charge in [-0.3, -0.25) is 9.36 Å². The molecule has 7 heteroatoms. The molecule has 0 fully saturated rings. The molecule has 0 aliphatic carbocycles. The van der Waals surface area contributed by atoms with Crippen LogP contribution in [0.15, 0.2) is 47.3 Å². The van der Waals surface area contributed by atoms with Gasteiger partial charge in [0, 0.05) is 28.5 Å². The van der Waals surface area contributed by atoms with Gasteiger partial charge in [-0.15, -0.1) is 0 Å². The maximum atomic E-state index is 13.9. The van der Waals surface area contributed by atoms with Crippen LogP contribution in [0, 0.1) is 11.6 Å². The first-order valence-electron chi connectivity index (χ1n) is 6.77. The lowest BCUT2D eigenvalue weighted by Gasteiger charge is -2.08. The molecule has 1 heterocycles. The van der Waals surface area contributed by atoms with E-state index in [1.807, 2.05) is 0 Å². The molecule has 0 amide bonds. The van der Waals surface area contributed by atoms with E-state index in [2.05, 4.69) is 4.37 Å². The van der Waals surface area contributed by atoms with Crippen molar-refractivity contribution in [2.24, 2.45) is 0 Å². The molecule has 0 unspecified atom stereocenters. The molecule has 23 heavy (non-hydrogen) atoms. The number of rotatable bonds is 4. The average Bonchev–Trinajstić information content (AvgIpc) is 2.86. The zero-order chi connectivity index (χ0) is 16.4. The van der Waals surface area contributed by atoms with Crippen molar-refractivity contribution < 1.29 is 8.78 Å². The van der Waals surface area contributed by atoms with Crippen molar-refractivity contribution in [3.8, 4) is 0 Å². The van der Waals surface area contributed by atoms with Crippen LogP contribution in [0.5, 0.6) is 0 Å². The van der Waals surface area contributed by atoms with Gasteiger partial charge in [0.2, 0.25) is 0 Å². The van der Waals surface area contributed by atoms with E-state index in [9.17, 15) is 13.6 Å². The molecule has 0 spiro atoms. The van der Waals surface area contributed by atoms with Crippen molar-refractivity contribution in [1.29, 1.82) is 0 Å². The minimum atomic E-state index is -0.439. The lowest BCUT2D eigenvalue weighted by Crippen LogP contribution is -2.17. The normalized spacial score (nSPS) is 10.9. The van der Waals surface area contributed by atoms with Gasteiger partial charge in [0.1, 0.15) is 17.5 Å². The number of benzene rings is 2. The van der Waals surface area contributed by atoms with Crippen LogP contribution in [0.1, 0.15) is 17.0 Å². The maximum Gasteiger partial charge on any atom is 0.326 e. The Hall–Kier alpha value is -2.05. The summed E-state index contributed by atoms with van der Waals surface area (Å²) in [5, 5.41) is 0.291. The van der Waals surface area contributed by atoms with E-state index in [1.54, 1.807) is 18.2 Å². The highest BCUT2D eigenvalue weighted by Gasteiger charge is 2.14. The molecule has 3 rings (SSSR count). The van der Waals surface area contributed by atoms with Crippen LogP contribution >= 0.6 is 23.1 Å². The number of aromatic nitrogens is 2. The van der Waals surface area contributed by atoms with Gasteiger partial charge in [-0.05, 0) is 29.8 Å². The van der Waals surface area contributed by atoms with E-state index in [0.29, 0.717) is 16.4 Å². The Balaban J connectivity index is 1.93. The summed E-state index contributed by atoms with van der Waals surface area (Å²) in [5.74, 6) is -0.356. The summed E-state index contributed by atoms with van der Waals surface area (Å²) >= 11 is 6.82. The number of halogens is 3. The molecule has 3 aromatic rings. The molecular formula is C16H11ClF2N2OS. The van der Waals surface area contributed by atoms with Gasteiger partial charge in [-0.2, -0.15) is 4.37 Å². The minimum absolute atomic E-state index is 0.117. The summed E-state index contributed by atoms with van der Waals surface area (Å²) in [6, 6.07) is 10.3. The van der Waals surface area contributed by atoms with Crippen molar-refractivity contribution >= 4 is 23.1 Å². The van der Waals surface area contributed by atoms with Crippen molar-refractivity contribution in [1.82, 2.24) is 8.94 Å². The van der Waals surface area contributed by atoms with Crippen molar-refractivity contribution in [3.05, 3.63) is 85.7 Å². The molecule has 0 N–H and O–H groups in total. The Kier molecular flexibility index (Phi) is 4.54. The van der Waals surface area contributed by atoms with Crippen LogP contribution in [0.25, 0.3) is 0 Å². The van der Waals surface area contributed by atoms with Crippen LogP contribution in [0.3, 0.4) is 0 Å². The second kappa shape index (κ2) is 6.60. The summed E-state index contributed by atoms with van der Waals surface area (Å²) in [6.45, 7) is 0.247. The molecule has 0 aliphatic heterocycles. The minimum Gasteiger partial charge on any atom is -0.281 e. The summed E-state index contributed by atoms with van der Waals surface area (Å²) in [5.41, 5.74) is 1.06. The van der Waals surface area contributed by atoms with Gasteiger partial charge in [0.15, 0.2) is 0 Å². The molecule has 0 aliphatic rings. The fourth-order valence-electron chi connectivity index (χ4n) is 2.21. The van der Waals surface area contributed by atoms with Crippen molar-refractivity contribution in [3.63, 3.8) is 0 Å². The van der Waals surface area contributed by atoms with Gasteiger partial charge in [-0.1, -0.05) is 29.8 Å². The first-order chi connectivity index (χ1) is 11.0. The summed E-state index contributed by atoms with van der Waals surface area (Å²) in [7, 11) is 0. The topological polar surface area (TPSA) is 34.9 Å². The second-order valence-electron chi connectivity index (χ2n) is 4.95. The monoisotopic (exact) mass is 352 g/mol. The summed E-state index contributed by atoms with van der Waals surface area (Å²) in [4.78, 5) is 11.7. The third-order valence-corrected chi connectivity index (χ3v) is 4.44. The number of nitrogens with zero attached hydrogens (tertiary/aromatic N) is 2. The Bertz CT molecular complexity index is 870. The lowest BCUT2D eigenvalue weighted by atomic mass is 10.1. The van der Waals surface area contributed by atoms with Crippen LogP contribution in [-0.4, -0.2) is 8.94 Å². The third kappa shape index (κ3) is 3.48. The quantitative estimate of drug-likeness (QED) is 0.714. The molecular weight excluding hydrogens is 342 g/mol. The molecule has 1 aromatic heterocycles. The zero-order valence-electron chi connectivity index (χ0n) is 11.8. The molecule has 118 valence electrons. The fourth-order valence-corrected chi connectivity index (χ4v) is 3.06. The first-order valence-corrected chi connectivity index (χ1v) is 7.92.